The van der Waals surface area contributed by atoms with E-state index in [4.69, 9.17) is 5.11 Å². The van der Waals surface area contributed by atoms with Gasteiger partial charge in [-0.3, -0.25) is 10.1 Å². The minimum absolute atomic E-state index is 0.0413. The van der Waals surface area contributed by atoms with Crippen molar-refractivity contribution in [1.82, 2.24) is 4.98 Å². The fourth-order valence-corrected chi connectivity index (χ4v) is 1.57. The zero-order chi connectivity index (χ0) is 12.4. The van der Waals surface area contributed by atoms with Crippen molar-refractivity contribution >= 4 is 17.5 Å². The molecule has 1 aromatic heterocycles. The minimum Gasteiger partial charge on any atom is -0.477 e. The summed E-state index contributed by atoms with van der Waals surface area (Å²) in [6.45, 7) is 0. The molecule has 0 saturated heterocycles. The van der Waals surface area contributed by atoms with Crippen molar-refractivity contribution in [1.29, 1.82) is 0 Å². The zero-order valence-corrected chi connectivity index (χ0v) is 8.92. The van der Waals surface area contributed by atoms with Gasteiger partial charge in [0.1, 0.15) is 0 Å². The molecule has 17 heavy (non-hydrogen) atoms. The number of pyridine rings is 1. The number of aromatic nitrogens is 1. The van der Waals surface area contributed by atoms with Gasteiger partial charge in [-0.2, -0.15) is 0 Å². The van der Waals surface area contributed by atoms with Crippen LogP contribution >= 0.6 is 0 Å². The van der Waals surface area contributed by atoms with Gasteiger partial charge in [-0.25, -0.2) is 9.78 Å². The second-order valence-corrected chi connectivity index (χ2v) is 3.90. The van der Waals surface area contributed by atoms with E-state index in [1.54, 1.807) is 0 Å². The summed E-state index contributed by atoms with van der Waals surface area (Å²) in [5, 5.41) is 22.5. The van der Waals surface area contributed by atoms with E-state index in [1.165, 1.54) is 0 Å². The van der Waals surface area contributed by atoms with Gasteiger partial charge in [0.25, 0.3) is 0 Å². The number of anilines is 1. The second kappa shape index (κ2) is 4.36. The van der Waals surface area contributed by atoms with Crippen molar-refractivity contribution in [2.75, 3.05) is 5.32 Å². The van der Waals surface area contributed by atoms with Crippen LogP contribution in [-0.2, 0) is 0 Å². The molecule has 0 aliphatic heterocycles. The lowest BCUT2D eigenvalue weighted by molar-refractivity contribution is -0.384. The maximum atomic E-state index is 10.8. The van der Waals surface area contributed by atoms with E-state index in [1.807, 2.05) is 0 Å². The highest BCUT2D eigenvalue weighted by Gasteiger charge is 2.24. The lowest BCUT2D eigenvalue weighted by Gasteiger charge is -2.26. The number of carbonyl (C=O) groups is 1. The summed E-state index contributed by atoms with van der Waals surface area (Å²) >= 11 is 0. The Morgan fingerprint density at radius 2 is 2.24 bits per heavy atom. The predicted molar refractivity (Wildman–Crippen MR) is 59.1 cm³/mol. The summed E-state index contributed by atoms with van der Waals surface area (Å²) in [5.41, 5.74) is -0.390. The van der Waals surface area contributed by atoms with Crippen molar-refractivity contribution < 1.29 is 14.8 Å². The maximum Gasteiger partial charge on any atom is 0.354 e. The van der Waals surface area contributed by atoms with Crippen LogP contribution in [0.4, 0.5) is 11.5 Å². The molecule has 1 fully saturated rings. The van der Waals surface area contributed by atoms with Crippen molar-refractivity contribution in [2.24, 2.45) is 0 Å². The molecule has 1 aliphatic rings. The molecule has 0 atom stereocenters. The number of nitrogens with one attached hydrogen (secondary N) is 1. The SMILES string of the molecule is O=C(O)c1ccc([N+](=O)[O-])c(NC2CCC2)n1. The van der Waals surface area contributed by atoms with Crippen LogP contribution in [0, 0.1) is 10.1 Å². The fourth-order valence-electron chi connectivity index (χ4n) is 1.57. The molecule has 1 saturated carbocycles. The Morgan fingerprint density at radius 1 is 1.53 bits per heavy atom. The summed E-state index contributed by atoms with van der Waals surface area (Å²) in [5.74, 6) is -1.16. The number of nitro groups is 1. The lowest BCUT2D eigenvalue weighted by atomic mass is 9.93. The standard InChI is InChI=1S/C10H11N3O4/c14-10(15)7-4-5-8(13(16)17)9(12-7)11-6-2-1-3-6/h4-6H,1-3H2,(H,11,12)(H,14,15). The quantitative estimate of drug-likeness (QED) is 0.609. The minimum atomic E-state index is -1.20. The van der Waals surface area contributed by atoms with Crippen molar-refractivity contribution in [3.63, 3.8) is 0 Å². The van der Waals surface area contributed by atoms with Crippen LogP contribution in [0.2, 0.25) is 0 Å². The Bertz CT molecular complexity index is 471. The Kier molecular flexibility index (Phi) is 2.90. The third-order valence-corrected chi connectivity index (χ3v) is 2.74. The van der Waals surface area contributed by atoms with E-state index in [2.05, 4.69) is 10.3 Å². The monoisotopic (exact) mass is 237 g/mol. The Hall–Kier alpha value is -2.18. The Balaban J connectivity index is 2.32. The van der Waals surface area contributed by atoms with Gasteiger partial charge in [-0.05, 0) is 25.3 Å². The summed E-state index contributed by atoms with van der Waals surface area (Å²) in [4.78, 5) is 24.7. The zero-order valence-electron chi connectivity index (χ0n) is 8.92. The highest BCUT2D eigenvalue weighted by molar-refractivity contribution is 5.86. The van der Waals surface area contributed by atoms with Crippen LogP contribution in [0.1, 0.15) is 29.8 Å². The molecule has 0 amide bonds. The van der Waals surface area contributed by atoms with Gasteiger partial charge in [-0.1, -0.05) is 0 Å². The first kappa shape index (κ1) is 11.3. The summed E-state index contributed by atoms with van der Waals surface area (Å²) in [7, 11) is 0. The number of nitrogens with zero attached hydrogens (tertiary/aromatic N) is 2. The van der Waals surface area contributed by atoms with E-state index in [-0.39, 0.29) is 23.2 Å². The molecule has 90 valence electrons. The molecule has 1 aromatic rings. The molecule has 0 unspecified atom stereocenters. The largest absolute Gasteiger partial charge is 0.477 e. The highest BCUT2D eigenvalue weighted by atomic mass is 16.6. The molecular weight excluding hydrogens is 226 g/mol. The molecule has 7 heteroatoms. The molecule has 0 spiro atoms. The third kappa shape index (κ3) is 2.32. The fraction of sp³-hybridized carbons (Fsp3) is 0.400. The van der Waals surface area contributed by atoms with E-state index in [9.17, 15) is 14.9 Å². The number of hydrogen-bond acceptors (Lipinski definition) is 5. The normalized spacial score (nSPS) is 15.1. The lowest BCUT2D eigenvalue weighted by Crippen LogP contribution is -2.28. The molecule has 2 rings (SSSR count). The molecule has 1 heterocycles. The van der Waals surface area contributed by atoms with E-state index in [0.717, 1.165) is 31.4 Å². The number of aromatic carboxylic acids is 1. The molecule has 7 nitrogen and oxygen atoms in total. The first-order valence-corrected chi connectivity index (χ1v) is 5.23. The van der Waals surface area contributed by atoms with Gasteiger partial charge < -0.3 is 10.4 Å². The number of hydrogen-bond donors (Lipinski definition) is 2. The molecule has 0 aromatic carbocycles. The van der Waals surface area contributed by atoms with E-state index in [0.29, 0.717) is 0 Å². The summed E-state index contributed by atoms with van der Waals surface area (Å²) < 4.78 is 0. The summed E-state index contributed by atoms with van der Waals surface area (Å²) in [6.07, 6.45) is 2.93. The van der Waals surface area contributed by atoms with Gasteiger partial charge in [0.05, 0.1) is 4.92 Å². The smallest absolute Gasteiger partial charge is 0.354 e. The first-order valence-electron chi connectivity index (χ1n) is 5.23. The molecule has 0 radical (unpaired) electrons. The third-order valence-electron chi connectivity index (χ3n) is 2.74. The van der Waals surface area contributed by atoms with Gasteiger partial charge in [-0.15, -0.1) is 0 Å². The second-order valence-electron chi connectivity index (χ2n) is 3.90. The topological polar surface area (TPSA) is 105 Å². The Morgan fingerprint density at radius 3 is 2.71 bits per heavy atom. The van der Waals surface area contributed by atoms with Crippen LogP contribution < -0.4 is 5.32 Å². The van der Waals surface area contributed by atoms with Crippen molar-refractivity contribution in [3.05, 3.63) is 27.9 Å². The average Bonchev–Trinajstić information content (AvgIpc) is 2.22. The van der Waals surface area contributed by atoms with Crippen LogP contribution in [0.25, 0.3) is 0 Å². The molecular formula is C10H11N3O4. The Labute approximate surface area is 96.6 Å². The van der Waals surface area contributed by atoms with Crippen LogP contribution in [0.15, 0.2) is 12.1 Å². The van der Waals surface area contributed by atoms with Crippen LogP contribution in [0.3, 0.4) is 0 Å². The highest BCUT2D eigenvalue weighted by Crippen LogP contribution is 2.28. The number of carboxylic acids is 1. The van der Waals surface area contributed by atoms with E-state index < -0.39 is 10.9 Å². The first-order chi connectivity index (χ1) is 8.08. The van der Waals surface area contributed by atoms with Gasteiger partial charge in [0.2, 0.25) is 5.82 Å². The molecule has 1 aliphatic carbocycles. The predicted octanol–water partition coefficient (Wildman–Crippen LogP) is 1.65. The van der Waals surface area contributed by atoms with E-state index >= 15 is 0 Å². The molecule has 0 bridgehead atoms. The van der Waals surface area contributed by atoms with Gasteiger partial charge >= 0.3 is 11.7 Å². The average molecular weight is 237 g/mol. The number of rotatable bonds is 4. The molecule has 2 N–H and O–H groups in total. The summed E-state index contributed by atoms with van der Waals surface area (Å²) in [6, 6.07) is 2.45. The van der Waals surface area contributed by atoms with Crippen LogP contribution in [0.5, 0.6) is 0 Å². The van der Waals surface area contributed by atoms with Gasteiger partial charge in [0, 0.05) is 12.1 Å². The van der Waals surface area contributed by atoms with Crippen molar-refractivity contribution in [3.8, 4) is 0 Å². The van der Waals surface area contributed by atoms with Gasteiger partial charge in [0.15, 0.2) is 5.69 Å². The number of carboxylic acid groups (broad SMARTS) is 1. The maximum absolute atomic E-state index is 10.8. The van der Waals surface area contributed by atoms with Crippen molar-refractivity contribution in [2.45, 2.75) is 25.3 Å². The van der Waals surface area contributed by atoms with Crippen LogP contribution in [-0.4, -0.2) is 27.0 Å².